The summed E-state index contributed by atoms with van der Waals surface area (Å²) in [6.07, 6.45) is 5.48. The lowest BCUT2D eigenvalue weighted by Crippen LogP contribution is -2.62. The molecular weight excluding hydrogens is 500 g/mol. The number of ether oxygens (including phenoxy) is 4. The second-order valence-electron chi connectivity index (χ2n) is 12.4. The number of rotatable bonds is 5. The number of cyclic esters (lactones) is 1. The van der Waals surface area contributed by atoms with Crippen LogP contribution in [0.5, 0.6) is 0 Å². The zero-order chi connectivity index (χ0) is 28.2. The van der Waals surface area contributed by atoms with E-state index in [1.54, 1.807) is 12.1 Å². The third-order valence-electron chi connectivity index (χ3n) is 9.62. The maximum Gasteiger partial charge on any atom is 0.339 e. The molecule has 5 rings (SSSR count). The van der Waals surface area contributed by atoms with Crippen LogP contribution in [0.2, 0.25) is 0 Å². The van der Waals surface area contributed by atoms with Crippen molar-refractivity contribution in [1.29, 1.82) is 0 Å². The first-order valence-corrected chi connectivity index (χ1v) is 13.8. The molecule has 8 nitrogen and oxygen atoms in total. The minimum atomic E-state index is -1.23. The molecule has 1 aromatic carbocycles. The van der Waals surface area contributed by atoms with Crippen molar-refractivity contribution in [2.45, 2.75) is 77.8 Å². The molecule has 8 heteroatoms. The summed E-state index contributed by atoms with van der Waals surface area (Å²) in [5.74, 6) is -2.63. The molecule has 0 spiro atoms. The van der Waals surface area contributed by atoms with Gasteiger partial charge in [-0.05, 0) is 75.3 Å². The van der Waals surface area contributed by atoms with Crippen molar-refractivity contribution in [2.24, 2.45) is 22.7 Å². The van der Waals surface area contributed by atoms with Crippen molar-refractivity contribution >= 4 is 17.9 Å². The molecule has 210 valence electrons. The third kappa shape index (κ3) is 4.82. The van der Waals surface area contributed by atoms with E-state index in [1.165, 1.54) is 17.7 Å². The predicted molar refractivity (Wildman–Crippen MR) is 142 cm³/mol. The molecular formula is C31H38O8. The van der Waals surface area contributed by atoms with Crippen LogP contribution in [-0.4, -0.2) is 54.2 Å². The number of benzene rings is 1. The van der Waals surface area contributed by atoms with E-state index >= 15 is 0 Å². The Morgan fingerprint density at radius 1 is 1.13 bits per heavy atom. The number of aromatic carboxylic acids is 1. The van der Waals surface area contributed by atoms with Gasteiger partial charge in [-0.2, -0.15) is 0 Å². The van der Waals surface area contributed by atoms with Gasteiger partial charge in [0.25, 0.3) is 0 Å². The fourth-order valence-electron chi connectivity index (χ4n) is 7.55. The third-order valence-corrected chi connectivity index (χ3v) is 9.62. The predicted octanol–water partition coefficient (Wildman–Crippen LogP) is 5.32. The van der Waals surface area contributed by atoms with Crippen molar-refractivity contribution < 1.29 is 38.4 Å². The van der Waals surface area contributed by atoms with Gasteiger partial charge in [-0.3, -0.25) is 0 Å². The van der Waals surface area contributed by atoms with Crippen molar-refractivity contribution in [3.05, 3.63) is 59.2 Å². The van der Waals surface area contributed by atoms with Gasteiger partial charge in [0, 0.05) is 5.41 Å². The van der Waals surface area contributed by atoms with Gasteiger partial charge >= 0.3 is 17.9 Å². The van der Waals surface area contributed by atoms with Crippen molar-refractivity contribution in [3.8, 4) is 0 Å². The van der Waals surface area contributed by atoms with Gasteiger partial charge in [0.05, 0.1) is 29.4 Å². The van der Waals surface area contributed by atoms with Crippen LogP contribution in [0.15, 0.2) is 48.1 Å². The molecule has 0 unspecified atom stereocenters. The van der Waals surface area contributed by atoms with E-state index in [2.05, 4.69) is 20.4 Å². The Hall–Kier alpha value is -2.97. The molecule has 1 aromatic rings. The Morgan fingerprint density at radius 2 is 1.85 bits per heavy atom. The Kier molecular flexibility index (Phi) is 7.00. The van der Waals surface area contributed by atoms with E-state index in [0.717, 1.165) is 25.7 Å². The first-order valence-electron chi connectivity index (χ1n) is 13.8. The summed E-state index contributed by atoms with van der Waals surface area (Å²) >= 11 is 0. The fourth-order valence-corrected chi connectivity index (χ4v) is 7.55. The number of hydrogen-bond acceptors (Lipinski definition) is 7. The van der Waals surface area contributed by atoms with Crippen molar-refractivity contribution in [2.75, 3.05) is 13.2 Å². The number of carboxylic acids is 1. The Bertz CT molecular complexity index is 1230. The lowest BCUT2D eigenvalue weighted by Gasteiger charge is -2.63. The van der Waals surface area contributed by atoms with Gasteiger partial charge in [-0.1, -0.05) is 44.2 Å². The molecule has 2 heterocycles. The highest BCUT2D eigenvalue weighted by molar-refractivity contribution is 6.03. The van der Waals surface area contributed by atoms with Crippen LogP contribution in [0.1, 0.15) is 80.5 Å². The molecule has 0 bridgehead atoms. The number of esters is 2. The van der Waals surface area contributed by atoms with Gasteiger partial charge in [0.1, 0.15) is 6.61 Å². The fraction of sp³-hybridized carbons (Fsp3) is 0.581. The van der Waals surface area contributed by atoms with Crippen LogP contribution < -0.4 is 0 Å². The van der Waals surface area contributed by atoms with Gasteiger partial charge in [0.2, 0.25) is 0 Å². The second kappa shape index (κ2) is 9.89. The largest absolute Gasteiger partial charge is 0.478 e. The van der Waals surface area contributed by atoms with E-state index in [0.29, 0.717) is 24.5 Å². The molecule has 2 aliphatic heterocycles. The summed E-state index contributed by atoms with van der Waals surface area (Å²) in [5, 5.41) is 9.44. The maximum absolute atomic E-state index is 12.9. The van der Waals surface area contributed by atoms with Crippen LogP contribution in [0.25, 0.3) is 0 Å². The molecule has 39 heavy (non-hydrogen) atoms. The van der Waals surface area contributed by atoms with Gasteiger partial charge in [-0.15, -0.1) is 0 Å². The molecule has 2 saturated carbocycles. The Balaban J connectivity index is 1.36. The first-order chi connectivity index (χ1) is 18.4. The number of allylic oxidation sites excluding steroid dienone is 2. The van der Waals surface area contributed by atoms with Gasteiger partial charge in [0.15, 0.2) is 11.9 Å². The van der Waals surface area contributed by atoms with E-state index in [1.807, 2.05) is 19.9 Å². The molecule has 6 atom stereocenters. The average molecular weight is 539 g/mol. The van der Waals surface area contributed by atoms with E-state index < -0.39 is 29.8 Å². The Labute approximate surface area is 229 Å². The SMILES string of the molecule is C=C1CC[C@@H]2[C@]3(C)COC(C)(C)O[C@@H]3CC[C@@]2(C)[C@@H]1C/C=C1/C(=O)OC[C@H]1OC(=O)c1ccccc1C(=O)O. The van der Waals surface area contributed by atoms with Crippen LogP contribution in [0.3, 0.4) is 0 Å². The molecule has 4 fully saturated rings. The summed E-state index contributed by atoms with van der Waals surface area (Å²) in [4.78, 5) is 37.1. The number of fused-ring (bicyclic) bond motifs is 3. The highest BCUT2D eigenvalue weighted by Gasteiger charge is 2.60. The van der Waals surface area contributed by atoms with Crippen molar-refractivity contribution in [1.82, 2.24) is 0 Å². The van der Waals surface area contributed by atoms with Gasteiger partial charge in [-0.25, -0.2) is 14.4 Å². The van der Waals surface area contributed by atoms with Crippen LogP contribution >= 0.6 is 0 Å². The summed E-state index contributed by atoms with van der Waals surface area (Å²) < 4.78 is 23.4. The molecule has 2 saturated heterocycles. The lowest BCUT2D eigenvalue weighted by molar-refractivity contribution is -0.344. The zero-order valence-electron chi connectivity index (χ0n) is 23.2. The molecule has 0 radical (unpaired) electrons. The highest BCUT2D eigenvalue weighted by atomic mass is 16.7. The summed E-state index contributed by atoms with van der Waals surface area (Å²) in [6.45, 7) is 13.6. The highest BCUT2D eigenvalue weighted by Crippen LogP contribution is 2.63. The quantitative estimate of drug-likeness (QED) is 0.305. The minimum absolute atomic E-state index is 0.0546. The number of carboxylic acid groups (broad SMARTS) is 1. The normalized spacial score (nSPS) is 36.6. The van der Waals surface area contributed by atoms with E-state index in [9.17, 15) is 19.5 Å². The van der Waals surface area contributed by atoms with Crippen LogP contribution in [0.4, 0.5) is 0 Å². The standard InChI is InChI=1S/C31H38O8/c1-18-10-13-24-30(4,15-14-25-31(24,5)17-37-29(2,3)39-25)22(18)12-11-21-23(16-36-27(21)34)38-28(35)20-9-7-6-8-19(20)26(32)33/h6-9,11,22-25H,1,10,12-17H2,2-5H3,(H,32,33)/b21-11+/t22-,23-,24+,25-,30+,31+/m1/s1. The molecule has 1 N–H and O–H groups in total. The molecule has 0 amide bonds. The topological polar surface area (TPSA) is 108 Å². The summed E-state index contributed by atoms with van der Waals surface area (Å²) in [6, 6.07) is 5.85. The second-order valence-corrected chi connectivity index (χ2v) is 12.4. The maximum atomic E-state index is 12.9. The average Bonchev–Trinajstić information content (AvgIpc) is 3.22. The summed E-state index contributed by atoms with van der Waals surface area (Å²) in [7, 11) is 0. The number of carbonyl (C=O) groups is 3. The molecule has 0 aromatic heterocycles. The Morgan fingerprint density at radius 3 is 2.56 bits per heavy atom. The lowest BCUT2D eigenvalue weighted by atomic mass is 9.46. The summed E-state index contributed by atoms with van der Waals surface area (Å²) in [5.41, 5.74) is 1.07. The number of hydrogen-bond donors (Lipinski definition) is 1. The first kappa shape index (κ1) is 27.6. The molecule has 4 aliphatic rings. The monoisotopic (exact) mass is 538 g/mol. The smallest absolute Gasteiger partial charge is 0.339 e. The van der Waals surface area contributed by atoms with E-state index in [-0.39, 0.29) is 40.6 Å². The molecule has 2 aliphatic carbocycles. The van der Waals surface area contributed by atoms with Crippen molar-refractivity contribution in [3.63, 3.8) is 0 Å². The van der Waals surface area contributed by atoms with E-state index in [4.69, 9.17) is 18.9 Å². The van der Waals surface area contributed by atoms with Crippen LogP contribution in [0, 0.1) is 22.7 Å². The minimum Gasteiger partial charge on any atom is -0.478 e. The zero-order valence-corrected chi connectivity index (χ0v) is 23.2. The number of carbonyl (C=O) groups excluding carboxylic acids is 2. The van der Waals surface area contributed by atoms with Gasteiger partial charge < -0.3 is 24.1 Å². The van der Waals surface area contributed by atoms with Crippen LogP contribution in [-0.2, 0) is 23.7 Å².